The Morgan fingerprint density at radius 1 is 1.33 bits per heavy atom. The summed E-state index contributed by atoms with van der Waals surface area (Å²) in [5.41, 5.74) is 2.60. The fourth-order valence-electron chi connectivity index (χ4n) is 4.00. The number of hydrogen-bond acceptors (Lipinski definition) is 5. The maximum atomic E-state index is 12.9. The molecule has 4 rings (SSSR count). The summed E-state index contributed by atoms with van der Waals surface area (Å²) < 4.78 is 0. The summed E-state index contributed by atoms with van der Waals surface area (Å²) in [6, 6.07) is 6.25. The van der Waals surface area contributed by atoms with Gasteiger partial charge in [-0.25, -0.2) is 0 Å². The van der Waals surface area contributed by atoms with E-state index in [2.05, 4.69) is 26.2 Å². The Morgan fingerprint density at radius 3 is 3.07 bits per heavy atom. The van der Waals surface area contributed by atoms with Crippen LogP contribution in [0.4, 0.5) is 11.4 Å². The fraction of sp³-hybridized carbons (Fsp3) is 0.450. The molecule has 1 fully saturated rings. The lowest BCUT2D eigenvalue weighted by Gasteiger charge is -2.35. The number of nitrogens with zero attached hydrogens (tertiary/aromatic N) is 1. The maximum absolute atomic E-state index is 12.9. The summed E-state index contributed by atoms with van der Waals surface area (Å²) in [6.45, 7) is 3.93. The molecule has 27 heavy (non-hydrogen) atoms. The van der Waals surface area contributed by atoms with Gasteiger partial charge in [-0.15, -0.1) is 0 Å². The first kappa shape index (κ1) is 18.2. The standard InChI is InChI=1S/C20H26ClN5O/c1-13-11-14(8-10-23-13)19(27)25-20-24-17-7-4-6-16(21)18(17)26(20)15-5-2-3-9-22-12-15/h4,6-8,10-11,13,15,20,22-24H,2-3,5,9,12H2,1H3,(H,25,27)/t13?,15-,20?/m1/s1. The van der Waals surface area contributed by atoms with Crippen LogP contribution in [0.3, 0.4) is 0 Å². The Hall–Kier alpha value is -2.18. The highest BCUT2D eigenvalue weighted by Gasteiger charge is 2.36. The lowest BCUT2D eigenvalue weighted by molar-refractivity contribution is -0.117. The highest BCUT2D eigenvalue weighted by Crippen LogP contribution is 2.41. The molecule has 1 saturated heterocycles. The second kappa shape index (κ2) is 7.82. The number of carbonyl (C=O) groups is 1. The van der Waals surface area contributed by atoms with Gasteiger partial charge in [0, 0.05) is 24.2 Å². The highest BCUT2D eigenvalue weighted by molar-refractivity contribution is 6.34. The van der Waals surface area contributed by atoms with E-state index in [0.29, 0.717) is 10.6 Å². The molecule has 0 bridgehead atoms. The van der Waals surface area contributed by atoms with Gasteiger partial charge < -0.3 is 26.2 Å². The lowest BCUT2D eigenvalue weighted by Crippen LogP contribution is -2.56. The molecular formula is C20H26ClN5O. The van der Waals surface area contributed by atoms with Gasteiger partial charge in [-0.3, -0.25) is 4.79 Å². The number of amides is 1. The summed E-state index contributed by atoms with van der Waals surface area (Å²) >= 11 is 6.55. The molecule has 3 atom stereocenters. The second-order valence-electron chi connectivity index (χ2n) is 7.33. The number of benzene rings is 1. The first-order valence-corrected chi connectivity index (χ1v) is 10.0. The zero-order valence-corrected chi connectivity index (χ0v) is 16.2. The van der Waals surface area contributed by atoms with Gasteiger partial charge in [-0.2, -0.15) is 0 Å². The van der Waals surface area contributed by atoms with E-state index in [0.717, 1.165) is 37.3 Å². The first-order chi connectivity index (χ1) is 13.1. The Morgan fingerprint density at radius 2 is 2.22 bits per heavy atom. The molecule has 1 amide bonds. The van der Waals surface area contributed by atoms with Gasteiger partial charge in [0.15, 0.2) is 6.29 Å². The van der Waals surface area contributed by atoms with Crippen LogP contribution in [0.5, 0.6) is 0 Å². The van der Waals surface area contributed by atoms with Gasteiger partial charge >= 0.3 is 0 Å². The number of hydrogen-bond donors (Lipinski definition) is 4. The van der Waals surface area contributed by atoms with Gasteiger partial charge in [-0.05, 0) is 56.8 Å². The zero-order valence-electron chi connectivity index (χ0n) is 15.5. The third kappa shape index (κ3) is 3.77. The lowest BCUT2D eigenvalue weighted by atomic mass is 10.1. The van der Waals surface area contributed by atoms with E-state index in [1.807, 2.05) is 43.5 Å². The number of dihydropyridines is 1. The monoisotopic (exact) mass is 387 g/mol. The minimum Gasteiger partial charge on any atom is -0.385 e. The quantitative estimate of drug-likeness (QED) is 0.641. The first-order valence-electron chi connectivity index (χ1n) is 9.63. The Kier molecular flexibility index (Phi) is 5.27. The van der Waals surface area contributed by atoms with Crippen LogP contribution in [0.1, 0.15) is 26.2 Å². The minimum atomic E-state index is -0.322. The molecule has 1 aromatic carbocycles. The molecular weight excluding hydrogens is 362 g/mol. The zero-order chi connectivity index (χ0) is 18.8. The van der Waals surface area contributed by atoms with Crippen molar-refractivity contribution in [2.75, 3.05) is 23.3 Å². The van der Waals surface area contributed by atoms with Crippen LogP contribution in [0, 0.1) is 0 Å². The van der Waals surface area contributed by atoms with Gasteiger partial charge in [0.2, 0.25) is 0 Å². The fourth-order valence-corrected chi connectivity index (χ4v) is 4.27. The Labute approximate surface area is 165 Å². The molecule has 3 heterocycles. The van der Waals surface area contributed by atoms with E-state index in [4.69, 9.17) is 11.6 Å². The van der Waals surface area contributed by atoms with E-state index in [1.54, 1.807) is 0 Å². The summed E-state index contributed by atoms with van der Waals surface area (Å²) in [5, 5.41) is 14.0. The molecule has 3 aliphatic heterocycles. The highest BCUT2D eigenvalue weighted by atomic mass is 35.5. The third-order valence-corrected chi connectivity index (χ3v) is 5.62. The molecule has 144 valence electrons. The van der Waals surface area contributed by atoms with Crippen molar-refractivity contribution in [2.45, 2.75) is 44.6 Å². The summed E-state index contributed by atoms with van der Waals surface area (Å²) in [5.74, 6) is -0.0902. The smallest absolute Gasteiger partial charge is 0.254 e. The number of carbonyl (C=O) groups excluding carboxylic acids is 1. The van der Waals surface area contributed by atoms with Crippen molar-refractivity contribution >= 4 is 28.9 Å². The predicted molar refractivity (Wildman–Crippen MR) is 110 cm³/mol. The molecule has 4 N–H and O–H groups in total. The van der Waals surface area contributed by atoms with E-state index in [-0.39, 0.29) is 24.3 Å². The molecule has 0 radical (unpaired) electrons. The van der Waals surface area contributed by atoms with Crippen LogP contribution < -0.4 is 26.2 Å². The second-order valence-corrected chi connectivity index (χ2v) is 7.74. The molecule has 0 spiro atoms. The van der Waals surface area contributed by atoms with E-state index in [1.165, 1.54) is 6.42 Å². The van der Waals surface area contributed by atoms with Crippen LogP contribution in [0.25, 0.3) is 0 Å². The predicted octanol–water partition coefficient (Wildman–Crippen LogP) is 2.55. The maximum Gasteiger partial charge on any atom is 0.254 e. The summed E-state index contributed by atoms with van der Waals surface area (Å²) in [4.78, 5) is 15.1. The van der Waals surface area contributed by atoms with Gasteiger partial charge in [0.1, 0.15) is 0 Å². The molecule has 1 aromatic rings. The van der Waals surface area contributed by atoms with Crippen molar-refractivity contribution in [3.63, 3.8) is 0 Å². The van der Waals surface area contributed by atoms with Crippen LogP contribution >= 0.6 is 11.6 Å². The van der Waals surface area contributed by atoms with E-state index >= 15 is 0 Å². The van der Waals surface area contributed by atoms with Gasteiger partial charge in [-0.1, -0.05) is 24.1 Å². The van der Waals surface area contributed by atoms with Crippen molar-refractivity contribution in [1.29, 1.82) is 0 Å². The third-order valence-electron chi connectivity index (χ3n) is 5.31. The van der Waals surface area contributed by atoms with Crippen molar-refractivity contribution in [1.82, 2.24) is 16.0 Å². The SMILES string of the molecule is CC1C=C(C(=O)NC2Nc3cccc(Cl)c3N2[C@@H]2CCCCNC2)C=CN1. The van der Waals surface area contributed by atoms with Crippen LogP contribution in [0.2, 0.25) is 5.02 Å². The number of rotatable bonds is 3. The van der Waals surface area contributed by atoms with E-state index in [9.17, 15) is 4.79 Å². The van der Waals surface area contributed by atoms with Crippen LogP contribution in [0.15, 0.2) is 42.1 Å². The molecule has 3 aliphatic rings. The number of para-hydroxylation sites is 1. The molecule has 0 saturated carbocycles. The van der Waals surface area contributed by atoms with Gasteiger partial charge in [0.25, 0.3) is 5.91 Å². The van der Waals surface area contributed by atoms with E-state index < -0.39 is 0 Å². The Bertz CT molecular complexity index is 770. The van der Waals surface area contributed by atoms with Crippen LogP contribution in [-0.4, -0.2) is 37.4 Å². The molecule has 0 aromatic heterocycles. The number of halogens is 1. The topological polar surface area (TPSA) is 68.4 Å². The van der Waals surface area contributed by atoms with Gasteiger partial charge in [0.05, 0.1) is 16.4 Å². The van der Waals surface area contributed by atoms with Crippen molar-refractivity contribution < 1.29 is 4.79 Å². The number of anilines is 2. The molecule has 0 aliphatic carbocycles. The normalized spacial score (nSPS) is 27.1. The number of nitrogens with one attached hydrogen (secondary N) is 4. The number of fused-ring (bicyclic) bond motifs is 1. The summed E-state index contributed by atoms with van der Waals surface area (Å²) in [6.07, 6.45) is 8.63. The molecule has 7 heteroatoms. The average molecular weight is 388 g/mol. The van der Waals surface area contributed by atoms with Crippen molar-refractivity contribution in [3.05, 3.63) is 47.1 Å². The summed E-state index contributed by atoms with van der Waals surface area (Å²) in [7, 11) is 0. The Balaban J connectivity index is 1.60. The average Bonchev–Trinajstić information content (AvgIpc) is 2.83. The molecule has 2 unspecified atom stereocenters. The van der Waals surface area contributed by atoms with Crippen molar-refractivity contribution in [3.8, 4) is 0 Å². The van der Waals surface area contributed by atoms with Crippen LogP contribution in [-0.2, 0) is 4.79 Å². The molecule has 6 nitrogen and oxygen atoms in total. The largest absolute Gasteiger partial charge is 0.385 e. The minimum absolute atomic E-state index is 0.0902. The van der Waals surface area contributed by atoms with Crippen molar-refractivity contribution in [2.24, 2.45) is 0 Å².